The number of hydrogen-bond acceptors (Lipinski definition) is 5. The van der Waals surface area contributed by atoms with E-state index in [1.807, 2.05) is 6.92 Å². The number of benzene rings is 2. The number of carbonyl (C=O) groups excluding carboxylic acids is 1. The van der Waals surface area contributed by atoms with E-state index in [4.69, 9.17) is 5.73 Å². The molecule has 3 N–H and O–H groups in total. The quantitative estimate of drug-likeness (QED) is 0.546. The van der Waals surface area contributed by atoms with Gasteiger partial charge in [0.05, 0.1) is 17.4 Å². The van der Waals surface area contributed by atoms with E-state index in [1.165, 1.54) is 12.3 Å². The van der Waals surface area contributed by atoms with E-state index in [0.717, 1.165) is 17.7 Å². The second kappa shape index (κ2) is 7.23. The SMILES string of the molecule is Cc1ccc(C(N)=O)cc1-c1nncc2nc(Nc3ccc(F)cc3F)ccc12. The van der Waals surface area contributed by atoms with Crippen molar-refractivity contribution in [2.75, 3.05) is 5.32 Å². The van der Waals surface area contributed by atoms with Crippen molar-refractivity contribution < 1.29 is 13.6 Å². The average Bonchev–Trinajstić information content (AvgIpc) is 2.70. The van der Waals surface area contributed by atoms with Crippen LogP contribution >= 0.6 is 0 Å². The van der Waals surface area contributed by atoms with E-state index in [-0.39, 0.29) is 5.69 Å². The molecule has 0 fully saturated rings. The molecule has 6 nitrogen and oxygen atoms in total. The Morgan fingerprint density at radius 3 is 2.66 bits per heavy atom. The van der Waals surface area contributed by atoms with Crippen molar-refractivity contribution in [3.05, 3.63) is 77.5 Å². The Labute approximate surface area is 164 Å². The number of amides is 1. The van der Waals surface area contributed by atoms with Crippen molar-refractivity contribution in [2.24, 2.45) is 5.73 Å². The minimum Gasteiger partial charge on any atom is -0.366 e. The van der Waals surface area contributed by atoms with Crippen LogP contribution in [0.1, 0.15) is 15.9 Å². The van der Waals surface area contributed by atoms with Crippen molar-refractivity contribution in [1.82, 2.24) is 15.2 Å². The molecule has 0 atom stereocenters. The first-order chi connectivity index (χ1) is 13.9. The summed E-state index contributed by atoms with van der Waals surface area (Å²) in [7, 11) is 0. The van der Waals surface area contributed by atoms with Crippen molar-refractivity contribution >= 4 is 28.3 Å². The normalized spacial score (nSPS) is 10.9. The topological polar surface area (TPSA) is 93.8 Å². The Hall–Kier alpha value is -3.94. The molecule has 2 aromatic heterocycles. The van der Waals surface area contributed by atoms with Gasteiger partial charge in [0.25, 0.3) is 0 Å². The van der Waals surface area contributed by atoms with Crippen molar-refractivity contribution in [1.29, 1.82) is 0 Å². The highest BCUT2D eigenvalue weighted by atomic mass is 19.1. The number of nitrogens with two attached hydrogens (primary N) is 1. The number of fused-ring (bicyclic) bond motifs is 1. The second-order valence-corrected chi connectivity index (χ2v) is 6.47. The first kappa shape index (κ1) is 18.4. The monoisotopic (exact) mass is 391 g/mol. The van der Waals surface area contributed by atoms with Gasteiger partial charge in [0.15, 0.2) is 0 Å². The summed E-state index contributed by atoms with van der Waals surface area (Å²) in [6.07, 6.45) is 1.48. The molecular weight excluding hydrogens is 376 g/mol. The maximum absolute atomic E-state index is 13.9. The summed E-state index contributed by atoms with van der Waals surface area (Å²) in [6.45, 7) is 1.89. The smallest absolute Gasteiger partial charge is 0.248 e. The van der Waals surface area contributed by atoms with Crippen molar-refractivity contribution in [3.8, 4) is 11.3 Å². The molecule has 0 unspecified atom stereocenters. The highest BCUT2D eigenvalue weighted by molar-refractivity contribution is 5.97. The molecule has 2 heterocycles. The van der Waals surface area contributed by atoms with Gasteiger partial charge in [0.1, 0.15) is 23.1 Å². The molecule has 0 aliphatic carbocycles. The Bertz CT molecular complexity index is 1260. The standard InChI is InChI=1S/C21H15F2N5O/c1-11-2-3-12(21(24)29)8-15(11)20-14-5-7-19(27-18(14)10-25-28-20)26-17-6-4-13(22)9-16(17)23/h2-10H,1H3,(H2,24,29)(H,26,27). The minimum absolute atomic E-state index is 0.102. The number of primary amides is 1. The molecule has 0 radical (unpaired) electrons. The number of nitrogens with zero attached hydrogens (tertiary/aromatic N) is 3. The summed E-state index contributed by atoms with van der Waals surface area (Å²) >= 11 is 0. The van der Waals surface area contributed by atoms with E-state index in [2.05, 4.69) is 20.5 Å². The number of hydrogen-bond donors (Lipinski definition) is 2. The van der Waals surface area contributed by atoms with Gasteiger partial charge in [-0.05, 0) is 48.9 Å². The number of nitrogens with one attached hydrogen (secondary N) is 1. The first-order valence-corrected chi connectivity index (χ1v) is 8.68. The maximum atomic E-state index is 13.9. The fourth-order valence-corrected chi connectivity index (χ4v) is 3.00. The van der Waals surface area contributed by atoms with E-state index >= 15 is 0 Å². The lowest BCUT2D eigenvalue weighted by Gasteiger charge is -2.11. The fourth-order valence-electron chi connectivity index (χ4n) is 3.00. The van der Waals surface area contributed by atoms with Crippen LogP contribution in [0.3, 0.4) is 0 Å². The summed E-state index contributed by atoms with van der Waals surface area (Å²) in [5.41, 5.74) is 8.54. The molecule has 0 saturated carbocycles. The van der Waals surface area contributed by atoms with Crippen LogP contribution in [0, 0.1) is 18.6 Å². The Morgan fingerprint density at radius 1 is 1.07 bits per heavy atom. The maximum Gasteiger partial charge on any atom is 0.248 e. The number of carbonyl (C=O) groups is 1. The van der Waals surface area contributed by atoms with Gasteiger partial charge < -0.3 is 11.1 Å². The Kier molecular flexibility index (Phi) is 4.59. The lowest BCUT2D eigenvalue weighted by atomic mass is 9.99. The highest BCUT2D eigenvalue weighted by Crippen LogP contribution is 2.30. The molecule has 2 aromatic carbocycles. The van der Waals surface area contributed by atoms with Gasteiger partial charge >= 0.3 is 0 Å². The fraction of sp³-hybridized carbons (Fsp3) is 0.0476. The summed E-state index contributed by atoms with van der Waals surface area (Å²) in [5, 5.41) is 11.7. The van der Waals surface area contributed by atoms with Gasteiger partial charge in [-0.1, -0.05) is 6.07 Å². The zero-order chi connectivity index (χ0) is 20.5. The molecule has 0 aliphatic heterocycles. The van der Waals surface area contributed by atoms with Gasteiger partial charge in [0, 0.05) is 22.6 Å². The molecule has 0 spiro atoms. The van der Waals surface area contributed by atoms with Crippen LogP contribution in [-0.4, -0.2) is 21.1 Å². The third kappa shape index (κ3) is 3.60. The van der Waals surface area contributed by atoms with E-state index in [0.29, 0.717) is 33.5 Å². The van der Waals surface area contributed by atoms with Crippen LogP contribution in [0.2, 0.25) is 0 Å². The van der Waals surface area contributed by atoms with Crippen LogP contribution in [0.15, 0.2) is 54.7 Å². The van der Waals surface area contributed by atoms with E-state index < -0.39 is 17.5 Å². The molecule has 144 valence electrons. The molecule has 0 bridgehead atoms. The molecule has 0 saturated heterocycles. The van der Waals surface area contributed by atoms with Crippen molar-refractivity contribution in [2.45, 2.75) is 6.92 Å². The summed E-state index contributed by atoms with van der Waals surface area (Å²) < 4.78 is 27.0. The molecule has 29 heavy (non-hydrogen) atoms. The zero-order valence-corrected chi connectivity index (χ0v) is 15.3. The van der Waals surface area contributed by atoms with E-state index in [9.17, 15) is 13.6 Å². The number of halogens is 2. The van der Waals surface area contributed by atoms with Gasteiger partial charge in [-0.15, -0.1) is 5.10 Å². The second-order valence-electron chi connectivity index (χ2n) is 6.47. The number of anilines is 2. The largest absolute Gasteiger partial charge is 0.366 e. The number of aryl methyl sites for hydroxylation is 1. The van der Waals surface area contributed by atoms with Gasteiger partial charge in [0.2, 0.25) is 5.91 Å². The molecule has 0 aliphatic rings. The predicted octanol–water partition coefficient (Wildman–Crippen LogP) is 4.12. The van der Waals surface area contributed by atoms with Crippen molar-refractivity contribution in [3.63, 3.8) is 0 Å². The predicted molar refractivity (Wildman–Crippen MR) is 106 cm³/mol. The van der Waals surface area contributed by atoms with Gasteiger partial charge in [-0.2, -0.15) is 5.10 Å². The molecular formula is C21H15F2N5O. The number of rotatable bonds is 4. The Morgan fingerprint density at radius 2 is 1.90 bits per heavy atom. The molecule has 4 aromatic rings. The number of aromatic nitrogens is 3. The molecule has 1 amide bonds. The van der Waals surface area contributed by atoms with Gasteiger partial charge in [-0.25, -0.2) is 13.8 Å². The van der Waals surface area contributed by atoms with Gasteiger partial charge in [-0.3, -0.25) is 4.79 Å². The first-order valence-electron chi connectivity index (χ1n) is 8.68. The molecule has 4 rings (SSSR count). The lowest BCUT2D eigenvalue weighted by molar-refractivity contribution is 0.100. The third-order valence-electron chi connectivity index (χ3n) is 4.49. The zero-order valence-electron chi connectivity index (χ0n) is 15.3. The Balaban J connectivity index is 1.77. The van der Waals surface area contributed by atoms with Crippen LogP contribution in [0.5, 0.6) is 0 Å². The summed E-state index contributed by atoms with van der Waals surface area (Å²) in [4.78, 5) is 16.0. The number of pyridine rings is 1. The highest BCUT2D eigenvalue weighted by Gasteiger charge is 2.13. The lowest BCUT2D eigenvalue weighted by Crippen LogP contribution is -2.11. The van der Waals surface area contributed by atoms with Crippen LogP contribution < -0.4 is 11.1 Å². The summed E-state index contributed by atoms with van der Waals surface area (Å²) in [6, 6.07) is 11.8. The summed E-state index contributed by atoms with van der Waals surface area (Å²) in [5.74, 6) is -1.55. The minimum atomic E-state index is -0.723. The van der Waals surface area contributed by atoms with Crippen LogP contribution in [0.4, 0.5) is 20.3 Å². The van der Waals surface area contributed by atoms with Crippen LogP contribution in [-0.2, 0) is 0 Å². The van der Waals surface area contributed by atoms with E-state index in [1.54, 1.807) is 30.3 Å². The average molecular weight is 391 g/mol. The van der Waals surface area contributed by atoms with Crippen LogP contribution in [0.25, 0.3) is 22.2 Å². The molecule has 8 heteroatoms. The third-order valence-corrected chi connectivity index (χ3v) is 4.49.